The van der Waals surface area contributed by atoms with Gasteiger partial charge < -0.3 is 9.15 Å². The second kappa shape index (κ2) is 6.82. The zero-order chi connectivity index (χ0) is 18.0. The van der Waals surface area contributed by atoms with Crippen LogP contribution in [0.15, 0.2) is 4.42 Å². The molecule has 1 aromatic carbocycles. The summed E-state index contributed by atoms with van der Waals surface area (Å²) in [4.78, 5) is 24.2. The fourth-order valence-corrected chi connectivity index (χ4v) is 2.51. The Morgan fingerprint density at radius 3 is 1.96 bits per heavy atom. The molecule has 0 aliphatic heterocycles. The molecule has 128 valence electrons. The number of amides is 1. The maximum Gasteiger partial charge on any atom is 0.339 e. The second-order valence-corrected chi connectivity index (χ2v) is 5.75. The van der Waals surface area contributed by atoms with E-state index in [1.54, 1.807) is 6.92 Å². The van der Waals surface area contributed by atoms with E-state index in [4.69, 9.17) is 9.15 Å². The quantitative estimate of drug-likeness (QED) is 0.866. The van der Waals surface area contributed by atoms with Crippen LogP contribution in [0.1, 0.15) is 44.1 Å². The van der Waals surface area contributed by atoms with Crippen molar-refractivity contribution in [1.29, 1.82) is 0 Å². The monoisotopic (exact) mass is 331 g/mol. The molecular formula is C17H21N3O4. The number of nitrogens with one attached hydrogen (secondary N) is 1. The van der Waals surface area contributed by atoms with Crippen molar-refractivity contribution in [3.63, 3.8) is 0 Å². The molecule has 0 radical (unpaired) electrons. The molecule has 7 heteroatoms. The van der Waals surface area contributed by atoms with Crippen molar-refractivity contribution in [3.05, 3.63) is 39.3 Å². The van der Waals surface area contributed by atoms with E-state index in [1.165, 1.54) is 0 Å². The maximum atomic E-state index is 12.4. The van der Waals surface area contributed by atoms with Crippen LogP contribution in [-0.2, 0) is 9.53 Å². The zero-order valence-electron chi connectivity index (χ0n) is 14.7. The number of anilines is 1. The number of carbonyl (C=O) groups is 2. The highest BCUT2D eigenvalue weighted by atomic mass is 16.5. The number of aryl methyl sites for hydroxylation is 1. The molecule has 7 nitrogen and oxygen atoms in total. The molecule has 0 unspecified atom stereocenters. The Kier molecular flexibility index (Phi) is 5.02. The molecule has 0 saturated heterocycles. The fraction of sp³-hybridized carbons (Fsp3) is 0.412. The van der Waals surface area contributed by atoms with E-state index in [0.29, 0.717) is 11.5 Å². The minimum absolute atomic E-state index is 0.0251. The van der Waals surface area contributed by atoms with E-state index in [1.807, 2.05) is 34.6 Å². The van der Waals surface area contributed by atoms with Gasteiger partial charge in [-0.05, 0) is 62.4 Å². The van der Waals surface area contributed by atoms with Crippen molar-refractivity contribution < 1.29 is 18.7 Å². The summed E-state index contributed by atoms with van der Waals surface area (Å²) in [5, 5.41) is 9.61. The topological polar surface area (TPSA) is 94.3 Å². The van der Waals surface area contributed by atoms with Crippen LogP contribution in [0.25, 0.3) is 0 Å². The normalized spacial score (nSPS) is 10.6. The molecule has 0 fully saturated rings. The molecule has 0 aliphatic rings. The average molecular weight is 331 g/mol. The summed E-state index contributed by atoms with van der Waals surface area (Å²) in [6, 6.07) is -0.0251. The molecule has 2 rings (SSSR count). The number of rotatable bonds is 4. The van der Waals surface area contributed by atoms with E-state index < -0.39 is 18.5 Å². The Bertz CT molecular complexity index is 779. The van der Waals surface area contributed by atoms with Gasteiger partial charge in [0.05, 0.1) is 5.56 Å². The Balaban J connectivity index is 2.09. The van der Waals surface area contributed by atoms with Crippen molar-refractivity contribution in [1.82, 2.24) is 10.2 Å². The van der Waals surface area contributed by atoms with Crippen molar-refractivity contribution in [2.45, 2.75) is 41.5 Å². The van der Waals surface area contributed by atoms with Crippen LogP contribution < -0.4 is 5.32 Å². The molecule has 1 amide bonds. The predicted octanol–water partition coefficient (Wildman–Crippen LogP) is 2.72. The molecule has 0 aliphatic carbocycles. The van der Waals surface area contributed by atoms with Gasteiger partial charge in [-0.2, -0.15) is 0 Å². The van der Waals surface area contributed by atoms with Crippen LogP contribution >= 0.6 is 0 Å². The van der Waals surface area contributed by atoms with Gasteiger partial charge in [0.15, 0.2) is 6.61 Å². The number of ether oxygens (including phenoxy) is 1. The van der Waals surface area contributed by atoms with Gasteiger partial charge in [0, 0.05) is 6.92 Å². The first-order valence-corrected chi connectivity index (χ1v) is 7.56. The molecule has 0 atom stereocenters. The average Bonchev–Trinajstić information content (AvgIpc) is 2.94. The van der Waals surface area contributed by atoms with E-state index in [9.17, 15) is 9.59 Å². The van der Waals surface area contributed by atoms with Crippen LogP contribution in [0.3, 0.4) is 0 Å². The van der Waals surface area contributed by atoms with E-state index in [-0.39, 0.29) is 6.01 Å². The van der Waals surface area contributed by atoms with E-state index >= 15 is 0 Å². The van der Waals surface area contributed by atoms with Crippen LogP contribution in [0, 0.1) is 41.5 Å². The third kappa shape index (κ3) is 3.45. The molecule has 2 aromatic rings. The lowest BCUT2D eigenvalue weighted by molar-refractivity contribution is -0.119. The zero-order valence-corrected chi connectivity index (χ0v) is 14.7. The highest BCUT2D eigenvalue weighted by Gasteiger charge is 2.20. The van der Waals surface area contributed by atoms with Crippen molar-refractivity contribution in [2.75, 3.05) is 11.9 Å². The SMILES string of the molecule is Cc1nnc(NC(=O)COC(=O)c2c(C)c(C)c(C)c(C)c2C)o1. The van der Waals surface area contributed by atoms with Crippen LogP contribution in [0.5, 0.6) is 0 Å². The number of nitrogens with zero attached hydrogens (tertiary/aromatic N) is 2. The summed E-state index contributed by atoms with van der Waals surface area (Å²) in [7, 11) is 0. The van der Waals surface area contributed by atoms with Crippen molar-refractivity contribution in [3.8, 4) is 0 Å². The van der Waals surface area contributed by atoms with Gasteiger partial charge in [-0.3, -0.25) is 10.1 Å². The summed E-state index contributed by atoms with van der Waals surface area (Å²) in [6.45, 7) is 10.9. The molecule has 24 heavy (non-hydrogen) atoms. The molecule has 1 heterocycles. The number of aromatic nitrogens is 2. The highest BCUT2D eigenvalue weighted by molar-refractivity contribution is 5.96. The Morgan fingerprint density at radius 2 is 1.46 bits per heavy atom. The molecule has 1 aromatic heterocycles. The lowest BCUT2D eigenvalue weighted by Crippen LogP contribution is -2.22. The van der Waals surface area contributed by atoms with Gasteiger partial charge >= 0.3 is 12.0 Å². The van der Waals surface area contributed by atoms with Crippen molar-refractivity contribution >= 4 is 17.9 Å². The third-order valence-electron chi connectivity index (χ3n) is 4.31. The smallest absolute Gasteiger partial charge is 0.339 e. The number of esters is 1. The van der Waals surface area contributed by atoms with E-state index in [0.717, 1.165) is 27.8 Å². The summed E-state index contributed by atoms with van der Waals surface area (Å²) < 4.78 is 10.2. The lowest BCUT2D eigenvalue weighted by atomic mass is 9.90. The molecular weight excluding hydrogens is 310 g/mol. The second-order valence-electron chi connectivity index (χ2n) is 5.75. The minimum Gasteiger partial charge on any atom is -0.452 e. The standard InChI is InChI=1S/C17H21N3O4/c1-8-9(2)11(4)15(12(5)10(8)3)16(22)23-7-14(21)18-17-20-19-13(6)24-17/h7H2,1-6H3,(H,18,20,21). The van der Waals surface area contributed by atoms with Gasteiger partial charge in [0.2, 0.25) is 5.89 Å². The van der Waals surface area contributed by atoms with Gasteiger partial charge in [-0.25, -0.2) is 4.79 Å². The Hall–Kier alpha value is -2.70. The highest BCUT2D eigenvalue weighted by Crippen LogP contribution is 2.26. The first-order chi connectivity index (χ1) is 11.2. The van der Waals surface area contributed by atoms with Gasteiger partial charge in [0.1, 0.15) is 0 Å². The predicted molar refractivity (Wildman–Crippen MR) is 88.1 cm³/mol. The Morgan fingerprint density at radius 1 is 0.917 bits per heavy atom. The fourth-order valence-electron chi connectivity index (χ4n) is 2.51. The summed E-state index contributed by atoms with van der Waals surface area (Å²) in [6.07, 6.45) is 0. The third-order valence-corrected chi connectivity index (χ3v) is 4.31. The van der Waals surface area contributed by atoms with Crippen LogP contribution in [0.2, 0.25) is 0 Å². The van der Waals surface area contributed by atoms with E-state index in [2.05, 4.69) is 15.5 Å². The minimum atomic E-state index is -0.539. The number of hydrogen-bond donors (Lipinski definition) is 1. The maximum absolute atomic E-state index is 12.4. The largest absolute Gasteiger partial charge is 0.452 e. The molecule has 1 N–H and O–H groups in total. The van der Waals surface area contributed by atoms with Crippen molar-refractivity contribution in [2.24, 2.45) is 0 Å². The summed E-state index contributed by atoms with van der Waals surface area (Å²) >= 11 is 0. The molecule has 0 saturated carbocycles. The molecule has 0 bridgehead atoms. The first-order valence-electron chi connectivity index (χ1n) is 7.56. The number of carbonyl (C=O) groups excluding carboxylic acids is 2. The van der Waals surface area contributed by atoms with Gasteiger partial charge in [-0.15, -0.1) is 5.10 Å². The summed E-state index contributed by atoms with van der Waals surface area (Å²) in [5.41, 5.74) is 5.51. The Labute approximate surface area is 140 Å². The van der Waals surface area contributed by atoms with Crippen LogP contribution in [0.4, 0.5) is 6.01 Å². The summed E-state index contributed by atoms with van der Waals surface area (Å²) in [5.74, 6) is -0.727. The first kappa shape index (κ1) is 17.7. The number of benzene rings is 1. The van der Waals surface area contributed by atoms with Crippen LogP contribution in [-0.4, -0.2) is 28.7 Å². The molecule has 0 spiro atoms. The van der Waals surface area contributed by atoms with Gasteiger partial charge in [-0.1, -0.05) is 5.10 Å². The number of hydrogen-bond acceptors (Lipinski definition) is 6. The lowest BCUT2D eigenvalue weighted by Gasteiger charge is -2.17. The van der Waals surface area contributed by atoms with Gasteiger partial charge in [0.25, 0.3) is 5.91 Å².